The van der Waals surface area contributed by atoms with Crippen LogP contribution in [-0.4, -0.2) is 50.4 Å². The number of nitrogens with one attached hydrogen (secondary N) is 1. The van der Waals surface area contributed by atoms with Crippen molar-refractivity contribution in [2.45, 2.75) is 31.5 Å². The van der Waals surface area contributed by atoms with Gasteiger partial charge in [0, 0.05) is 14.2 Å². The number of rotatable bonds is 10. The molecule has 0 aliphatic carbocycles. The topological polar surface area (TPSA) is 50.7 Å². The molecular formula is C9H25NO3Si2. The Bertz CT molecular complexity index is 135. The van der Waals surface area contributed by atoms with Crippen molar-refractivity contribution in [2.75, 3.05) is 27.3 Å². The van der Waals surface area contributed by atoms with Crippen LogP contribution in [0.1, 0.15) is 12.8 Å². The van der Waals surface area contributed by atoms with Crippen molar-refractivity contribution >= 4 is 18.3 Å². The number of hydrogen-bond donors (Lipinski definition) is 2. The fraction of sp³-hybridized carbons (Fsp3) is 1.00. The van der Waals surface area contributed by atoms with E-state index in [-0.39, 0.29) is 0 Å². The first-order chi connectivity index (χ1) is 7.20. The molecule has 4 nitrogen and oxygen atoms in total. The van der Waals surface area contributed by atoms with E-state index < -0.39 is 18.3 Å². The molecule has 6 heteroatoms. The van der Waals surface area contributed by atoms with Crippen molar-refractivity contribution in [3.63, 3.8) is 0 Å². The van der Waals surface area contributed by atoms with E-state index >= 15 is 0 Å². The molecule has 0 heterocycles. The molecule has 0 aromatic rings. The van der Waals surface area contributed by atoms with Gasteiger partial charge in [0.2, 0.25) is 0 Å². The fourth-order valence-electron chi connectivity index (χ4n) is 1.37. The van der Waals surface area contributed by atoms with E-state index in [9.17, 15) is 4.80 Å². The minimum Gasteiger partial charge on any atom is -0.435 e. The smallest absolute Gasteiger partial charge is 0.320 e. The summed E-state index contributed by atoms with van der Waals surface area (Å²) in [5.41, 5.74) is 0. The molecule has 0 bridgehead atoms. The van der Waals surface area contributed by atoms with Gasteiger partial charge in [-0.15, -0.1) is 0 Å². The van der Waals surface area contributed by atoms with Crippen LogP contribution in [0.5, 0.6) is 0 Å². The molecule has 1 atom stereocenters. The lowest BCUT2D eigenvalue weighted by atomic mass is 10.4. The predicted octanol–water partition coefficient (Wildman–Crippen LogP) is 0.215. The summed E-state index contributed by atoms with van der Waals surface area (Å²) in [4.78, 5) is 9.18. The van der Waals surface area contributed by atoms with Crippen LogP contribution in [0.4, 0.5) is 0 Å². The van der Waals surface area contributed by atoms with Crippen molar-refractivity contribution in [2.24, 2.45) is 0 Å². The van der Waals surface area contributed by atoms with Gasteiger partial charge in [-0.05, 0) is 44.6 Å². The summed E-state index contributed by atoms with van der Waals surface area (Å²) in [5, 5.41) is 3.37. The first-order valence-corrected chi connectivity index (χ1v) is 9.89. The highest BCUT2D eigenvalue weighted by atomic mass is 28.3. The molecule has 0 radical (unpaired) electrons. The quantitative estimate of drug-likeness (QED) is 0.431. The molecule has 0 spiro atoms. The van der Waals surface area contributed by atoms with E-state index in [0.29, 0.717) is 0 Å². The number of hydrogen-bond acceptors (Lipinski definition) is 4. The van der Waals surface area contributed by atoms with Gasteiger partial charge in [0.1, 0.15) is 0 Å². The summed E-state index contributed by atoms with van der Waals surface area (Å²) < 4.78 is 10.4. The molecule has 1 unspecified atom stereocenters. The highest BCUT2D eigenvalue weighted by Crippen LogP contribution is 1.98. The van der Waals surface area contributed by atoms with Crippen LogP contribution in [0.3, 0.4) is 0 Å². The van der Waals surface area contributed by atoms with Crippen LogP contribution in [0.15, 0.2) is 0 Å². The molecule has 0 aliphatic rings. The molecule has 0 saturated heterocycles. The van der Waals surface area contributed by atoms with Crippen molar-refractivity contribution in [1.29, 1.82) is 0 Å². The Balaban J connectivity index is 3.10. The molecule has 0 aliphatic heterocycles. The SMILES string of the molecule is CO[SiH](CCCNCCC[SiH](C)O)OC. The van der Waals surface area contributed by atoms with Crippen molar-refractivity contribution in [3.05, 3.63) is 0 Å². The van der Waals surface area contributed by atoms with Crippen LogP contribution in [0.25, 0.3) is 0 Å². The summed E-state index contributed by atoms with van der Waals surface area (Å²) in [6.45, 7) is 4.01. The molecule has 15 heavy (non-hydrogen) atoms. The van der Waals surface area contributed by atoms with Crippen LogP contribution in [-0.2, 0) is 8.85 Å². The van der Waals surface area contributed by atoms with Crippen molar-refractivity contribution in [3.8, 4) is 0 Å². The van der Waals surface area contributed by atoms with Crippen LogP contribution >= 0.6 is 0 Å². The van der Waals surface area contributed by atoms with E-state index in [4.69, 9.17) is 8.85 Å². The highest BCUT2D eigenvalue weighted by molar-refractivity contribution is 6.48. The normalized spacial score (nSPS) is 13.4. The Kier molecular flexibility index (Phi) is 11.0. The van der Waals surface area contributed by atoms with Gasteiger partial charge in [0.05, 0.1) is 0 Å². The van der Waals surface area contributed by atoms with Gasteiger partial charge in [-0.2, -0.15) is 0 Å². The molecule has 92 valence electrons. The maximum atomic E-state index is 9.18. The van der Waals surface area contributed by atoms with E-state index in [1.807, 2.05) is 6.55 Å². The summed E-state index contributed by atoms with van der Waals surface area (Å²) in [5.74, 6) is 0. The molecule has 2 N–H and O–H groups in total. The molecule has 0 fully saturated rings. The molecule has 0 aromatic heterocycles. The van der Waals surface area contributed by atoms with Crippen molar-refractivity contribution in [1.82, 2.24) is 5.32 Å². The molecular weight excluding hydrogens is 226 g/mol. The summed E-state index contributed by atoms with van der Waals surface area (Å²) in [6, 6.07) is 2.08. The fourth-order valence-corrected chi connectivity index (χ4v) is 3.37. The lowest BCUT2D eigenvalue weighted by Gasteiger charge is -2.10. The summed E-state index contributed by atoms with van der Waals surface area (Å²) in [7, 11) is 0.777. The summed E-state index contributed by atoms with van der Waals surface area (Å²) in [6.07, 6.45) is 2.21. The van der Waals surface area contributed by atoms with E-state index in [1.165, 1.54) is 0 Å². The Hall–Kier alpha value is 0.274. The third kappa shape index (κ3) is 10.6. The van der Waals surface area contributed by atoms with Gasteiger partial charge < -0.3 is 19.0 Å². The maximum Gasteiger partial charge on any atom is 0.320 e. The second-order valence-electron chi connectivity index (χ2n) is 3.78. The summed E-state index contributed by atoms with van der Waals surface area (Å²) >= 11 is 0. The first-order valence-electron chi connectivity index (χ1n) is 5.65. The zero-order valence-electron chi connectivity index (χ0n) is 10.2. The zero-order chi connectivity index (χ0) is 11.5. The standard InChI is InChI=1S/C9H25NO3Si2/c1-12-15(13-2)9-5-7-10-6-4-8-14(3)11/h10-11,14-15H,4-9H2,1-3H3. The highest BCUT2D eigenvalue weighted by Gasteiger charge is 2.07. The van der Waals surface area contributed by atoms with Crippen LogP contribution in [0, 0.1) is 0 Å². The molecule has 0 aromatic carbocycles. The zero-order valence-corrected chi connectivity index (χ0v) is 12.5. The van der Waals surface area contributed by atoms with Gasteiger partial charge in [-0.1, -0.05) is 0 Å². The molecule has 0 saturated carbocycles. The minimum atomic E-state index is -1.34. The van der Waals surface area contributed by atoms with Crippen LogP contribution in [0.2, 0.25) is 18.6 Å². The Morgan fingerprint density at radius 3 is 2.07 bits per heavy atom. The minimum absolute atomic E-state index is 1.01. The lowest BCUT2D eigenvalue weighted by molar-refractivity contribution is 0.276. The van der Waals surface area contributed by atoms with Gasteiger partial charge in [0.25, 0.3) is 0 Å². The second-order valence-corrected chi connectivity index (χ2v) is 8.44. The molecule has 0 rings (SSSR count). The average molecular weight is 251 g/mol. The van der Waals surface area contributed by atoms with Gasteiger partial charge in [0.15, 0.2) is 9.04 Å². The van der Waals surface area contributed by atoms with Gasteiger partial charge in [-0.25, -0.2) is 0 Å². The lowest BCUT2D eigenvalue weighted by Crippen LogP contribution is -2.23. The van der Waals surface area contributed by atoms with E-state index in [1.54, 1.807) is 14.2 Å². The Labute approximate surface area is 96.6 Å². The first kappa shape index (κ1) is 15.3. The van der Waals surface area contributed by atoms with E-state index in [0.717, 1.165) is 38.0 Å². The predicted molar refractivity (Wildman–Crippen MR) is 68.1 cm³/mol. The third-order valence-corrected chi connectivity index (χ3v) is 5.47. The van der Waals surface area contributed by atoms with Gasteiger partial charge >= 0.3 is 9.28 Å². The third-order valence-electron chi connectivity index (χ3n) is 2.29. The average Bonchev–Trinajstić information content (AvgIpc) is 2.22. The molecule has 0 amide bonds. The van der Waals surface area contributed by atoms with Gasteiger partial charge in [-0.3, -0.25) is 0 Å². The van der Waals surface area contributed by atoms with Crippen molar-refractivity contribution < 1.29 is 13.6 Å². The largest absolute Gasteiger partial charge is 0.435 e. The second kappa shape index (κ2) is 10.8. The van der Waals surface area contributed by atoms with E-state index in [2.05, 4.69) is 5.32 Å². The maximum absolute atomic E-state index is 9.18. The Morgan fingerprint density at radius 2 is 1.60 bits per heavy atom. The van der Waals surface area contributed by atoms with Crippen LogP contribution < -0.4 is 5.32 Å². The monoisotopic (exact) mass is 251 g/mol. The Morgan fingerprint density at radius 1 is 1.07 bits per heavy atom.